The minimum Gasteiger partial charge on any atom is -0.354 e. The van der Waals surface area contributed by atoms with Gasteiger partial charge in [-0.1, -0.05) is 0 Å². The summed E-state index contributed by atoms with van der Waals surface area (Å²) in [7, 11) is 0. The Morgan fingerprint density at radius 2 is 2.04 bits per heavy atom. The molecule has 2 saturated heterocycles. The fourth-order valence-electron chi connectivity index (χ4n) is 4.06. The summed E-state index contributed by atoms with van der Waals surface area (Å²) in [6.45, 7) is 3.13. The number of hydrogen-bond acceptors (Lipinski definition) is 6. The molecule has 0 radical (unpaired) electrons. The van der Waals surface area contributed by atoms with Crippen LogP contribution in [0.25, 0.3) is 0 Å². The van der Waals surface area contributed by atoms with Gasteiger partial charge in [-0.25, -0.2) is 9.37 Å². The average molecular weight is 348 g/mol. The highest BCUT2D eigenvalue weighted by Crippen LogP contribution is 2.42. The smallest absolute Gasteiger partial charge is 0.234 e. The highest BCUT2D eigenvalue weighted by molar-refractivity contribution is 5.78. The molecule has 8 heteroatoms. The zero-order valence-electron chi connectivity index (χ0n) is 14.3. The van der Waals surface area contributed by atoms with E-state index >= 15 is 0 Å². The van der Waals surface area contributed by atoms with Crippen molar-refractivity contribution in [2.24, 2.45) is 17.6 Å². The Bertz CT molecular complexity index is 646. The standard InChI is InChI=1S/C17H25FN6O/c18-13-8-20-17(22-16(13)23-5-1-2-6-23)24-9-12(11-3-4-11)14(10-24)21-15(25)7-19/h8,11-12,14H,1-7,9-10,19H2,(H,21,25)/t12-,14+/m1/s1. The molecule has 3 N–H and O–H groups in total. The highest BCUT2D eigenvalue weighted by Gasteiger charge is 2.43. The number of hydrogen-bond donors (Lipinski definition) is 2. The second-order valence-corrected chi connectivity index (χ2v) is 7.32. The van der Waals surface area contributed by atoms with E-state index in [0.717, 1.165) is 32.5 Å². The van der Waals surface area contributed by atoms with Gasteiger partial charge in [0, 0.05) is 32.1 Å². The maximum atomic E-state index is 14.2. The molecule has 1 aliphatic carbocycles. The molecule has 136 valence electrons. The van der Waals surface area contributed by atoms with Gasteiger partial charge in [-0.3, -0.25) is 4.79 Å². The number of carbonyl (C=O) groups excluding carboxylic acids is 1. The SMILES string of the molecule is NCC(=O)N[C@H]1CN(c2ncc(F)c(N3CCCC3)n2)C[C@@H]1C1CC1. The molecule has 25 heavy (non-hydrogen) atoms. The van der Waals surface area contributed by atoms with Crippen molar-refractivity contribution in [2.45, 2.75) is 31.7 Å². The van der Waals surface area contributed by atoms with Crippen LogP contribution in [-0.4, -0.2) is 54.6 Å². The number of nitrogens with one attached hydrogen (secondary N) is 1. The fourth-order valence-corrected chi connectivity index (χ4v) is 4.06. The molecular weight excluding hydrogens is 323 g/mol. The largest absolute Gasteiger partial charge is 0.354 e. The Morgan fingerprint density at radius 1 is 1.28 bits per heavy atom. The third-order valence-corrected chi connectivity index (χ3v) is 5.53. The fraction of sp³-hybridized carbons (Fsp3) is 0.706. The number of carbonyl (C=O) groups is 1. The highest BCUT2D eigenvalue weighted by atomic mass is 19.1. The molecule has 1 amide bonds. The number of nitrogens with two attached hydrogens (primary N) is 1. The summed E-state index contributed by atoms with van der Waals surface area (Å²) < 4.78 is 14.2. The van der Waals surface area contributed by atoms with Crippen molar-refractivity contribution in [2.75, 3.05) is 42.5 Å². The van der Waals surface area contributed by atoms with E-state index in [0.29, 0.717) is 30.1 Å². The molecular formula is C17H25FN6O. The van der Waals surface area contributed by atoms with Crippen molar-refractivity contribution < 1.29 is 9.18 Å². The van der Waals surface area contributed by atoms with E-state index in [1.807, 2.05) is 4.90 Å². The number of halogens is 1. The van der Waals surface area contributed by atoms with Gasteiger partial charge in [-0.15, -0.1) is 0 Å². The third-order valence-electron chi connectivity index (χ3n) is 5.53. The predicted molar refractivity (Wildman–Crippen MR) is 92.8 cm³/mol. The van der Waals surface area contributed by atoms with Gasteiger partial charge >= 0.3 is 0 Å². The summed E-state index contributed by atoms with van der Waals surface area (Å²) in [5, 5.41) is 3.04. The Balaban J connectivity index is 1.53. The molecule has 3 fully saturated rings. The van der Waals surface area contributed by atoms with Crippen LogP contribution in [0, 0.1) is 17.7 Å². The minimum atomic E-state index is -0.364. The predicted octanol–water partition coefficient (Wildman–Crippen LogP) is 0.506. The molecule has 0 aromatic carbocycles. The molecule has 0 spiro atoms. The summed E-state index contributed by atoms with van der Waals surface area (Å²) in [5.74, 6) is 1.50. The van der Waals surface area contributed by atoms with Crippen LogP contribution >= 0.6 is 0 Å². The van der Waals surface area contributed by atoms with Gasteiger partial charge in [0.15, 0.2) is 11.6 Å². The second kappa shape index (κ2) is 6.74. The van der Waals surface area contributed by atoms with E-state index < -0.39 is 0 Å². The summed E-state index contributed by atoms with van der Waals surface area (Å²) in [4.78, 5) is 24.5. The van der Waals surface area contributed by atoms with Crippen molar-refractivity contribution in [3.63, 3.8) is 0 Å². The monoisotopic (exact) mass is 348 g/mol. The van der Waals surface area contributed by atoms with E-state index in [2.05, 4.69) is 20.2 Å². The van der Waals surface area contributed by atoms with Crippen LogP contribution in [-0.2, 0) is 4.79 Å². The minimum absolute atomic E-state index is 0.0000427. The lowest BCUT2D eigenvalue weighted by molar-refractivity contribution is -0.120. The average Bonchev–Trinajstić information content (AvgIpc) is 3.15. The number of anilines is 2. The first kappa shape index (κ1) is 16.5. The van der Waals surface area contributed by atoms with Gasteiger partial charge in [-0.2, -0.15) is 4.98 Å². The first-order valence-corrected chi connectivity index (χ1v) is 9.17. The Hall–Kier alpha value is -1.96. The molecule has 3 heterocycles. The molecule has 2 atom stereocenters. The molecule has 0 unspecified atom stereocenters. The Labute approximate surface area is 146 Å². The van der Waals surface area contributed by atoms with Gasteiger partial charge < -0.3 is 20.9 Å². The van der Waals surface area contributed by atoms with Crippen LogP contribution in [0.2, 0.25) is 0 Å². The van der Waals surface area contributed by atoms with Crippen molar-refractivity contribution in [1.82, 2.24) is 15.3 Å². The maximum Gasteiger partial charge on any atom is 0.234 e. The third kappa shape index (κ3) is 3.40. The van der Waals surface area contributed by atoms with E-state index in [4.69, 9.17) is 5.73 Å². The van der Waals surface area contributed by atoms with Crippen LogP contribution in [0.4, 0.5) is 16.2 Å². The summed E-state index contributed by atoms with van der Waals surface area (Å²) >= 11 is 0. The summed E-state index contributed by atoms with van der Waals surface area (Å²) in [6.07, 6.45) is 5.82. The zero-order valence-corrected chi connectivity index (χ0v) is 14.3. The molecule has 7 nitrogen and oxygen atoms in total. The number of aromatic nitrogens is 2. The Morgan fingerprint density at radius 3 is 2.72 bits per heavy atom. The molecule has 4 rings (SSSR count). The van der Waals surface area contributed by atoms with E-state index in [1.54, 1.807) is 0 Å². The molecule has 0 bridgehead atoms. The first-order chi connectivity index (χ1) is 12.2. The molecule has 1 aromatic rings. The first-order valence-electron chi connectivity index (χ1n) is 9.17. The lowest BCUT2D eigenvalue weighted by Crippen LogP contribution is -2.43. The number of rotatable bonds is 5. The zero-order chi connectivity index (χ0) is 17.4. The molecule has 1 saturated carbocycles. The topological polar surface area (TPSA) is 87.4 Å². The van der Waals surface area contributed by atoms with Crippen LogP contribution in [0.1, 0.15) is 25.7 Å². The lowest BCUT2D eigenvalue weighted by Gasteiger charge is -2.21. The van der Waals surface area contributed by atoms with E-state index in [9.17, 15) is 9.18 Å². The van der Waals surface area contributed by atoms with Crippen molar-refractivity contribution in [3.8, 4) is 0 Å². The Kier molecular flexibility index (Phi) is 4.45. The van der Waals surface area contributed by atoms with Gasteiger partial charge in [0.2, 0.25) is 11.9 Å². The number of amides is 1. The van der Waals surface area contributed by atoms with E-state index in [1.165, 1.54) is 19.0 Å². The maximum absolute atomic E-state index is 14.2. The second-order valence-electron chi connectivity index (χ2n) is 7.32. The van der Waals surface area contributed by atoms with Crippen LogP contribution in [0.3, 0.4) is 0 Å². The van der Waals surface area contributed by atoms with Crippen LogP contribution in [0.5, 0.6) is 0 Å². The van der Waals surface area contributed by atoms with Crippen LogP contribution < -0.4 is 20.9 Å². The molecule has 3 aliphatic rings. The summed E-state index contributed by atoms with van der Waals surface area (Å²) in [5.41, 5.74) is 5.44. The summed E-state index contributed by atoms with van der Waals surface area (Å²) in [6, 6.07) is 0.0624. The van der Waals surface area contributed by atoms with Crippen molar-refractivity contribution >= 4 is 17.7 Å². The van der Waals surface area contributed by atoms with Gasteiger partial charge in [0.25, 0.3) is 0 Å². The van der Waals surface area contributed by atoms with E-state index in [-0.39, 0.29) is 24.3 Å². The quantitative estimate of drug-likeness (QED) is 0.806. The molecule has 2 aliphatic heterocycles. The van der Waals surface area contributed by atoms with Crippen molar-refractivity contribution in [1.29, 1.82) is 0 Å². The van der Waals surface area contributed by atoms with Crippen molar-refractivity contribution in [3.05, 3.63) is 12.0 Å². The van der Waals surface area contributed by atoms with Gasteiger partial charge in [0.05, 0.1) is 18.8 Å². The number of nitrogens with zero attached hydrogens (tertiary/aromatic N) is 4. The lowest BCUT2D eigenvalue weighted by atomic mass is 9.98. The van der Waals surface area contributed by atoms with Gasteiger partial charge in [0.1, 0.15) is 0 Å². The van der Waals surface area contributed by atoms with Gasteiger partial charge in [-0.05, 0) is 31.6 Å². The van der Waals surface area contributed by atoms with Crippen LogP contribution in [0.15, 0.2) is 6.20 Å². The molecule has 1 aromatic heterocycles. The normalized spacial score (nSPS) is 26.3.